The van der Waals surface area contributed by atoms with E-state index in [0.717, 1.165) is 11.4 Å². The molecule has 4 rings (SSSR count). The molecule has 0 unspecified atom stereocenters. The third-order valence-corrected chi connectivity index (χ3v) is 4.43. The number of phenols is 4. The maximum atomic E-state index is 10.2. The monoisotopic (exact) mass is 348 g/mol. The summed E-state index contributed by atoms with van der Waals surface area (Å²) in [6.07, 6.45) is 0. The molecule has 2 aromatic carbocycles. The number of aromatic nitrogens is 2. The van der Waals surface area contributed by atoms with E-state index in [2.05, 4.69) is 9.97 Å². The summed E-state index contributed by atoms with van der Waals surface area (Å²) in [5.41, 5.74) is 3.40. The zero-order valence-electron chi connectivity index (χ0n) is 14.1. The van der Waals surface area contributed by atoms with Gasteiger partial charge in [-0.3, -0.25) is 9.97 Å². The normalized spacial score (nSPS) is 11.3. The van der Waals surface area contributed by atoms with Crippen LogP contribution in [0.4, 0.5) is 0 Å². The molecule has 0 aliphatic rings. The van der Waals surface area contributed by atoms with Crippen LogP contribution in [-0.4, -0.2) is 30.4 Å². The van der Waals surface area contributed by atoms with Crippen LogP contribution in [0.2, 0.25) is 0 Å². The van der Waals surface area contributed by atoms with Gasteiger partial charge in [0.1, 0.15) is 0 Å². The Kier molecular flexibility index (Phi) is 3.37. The second kappa shape index (κ2) is 5.49. The topological polar surface area (TPSA) is 107 Å². The molecule has 2 heterocycles. The van der Waals surface area contributed by atoms with Crippen molar-refractivity contribution in [1.82, 2.24) is 9.97 Å². The second-order valence-electron chi connectivity index (χ2n) is 6.28. The van der Waals surface area contributed by atoms with Crippen LogP contribution in [0.3, 0.4) is 0 Å². The molecular formula is C20H16N2O4. The van der Waals surface area contributed by atoms with Crippen molar-refractivity contribution in [3.05, 3.63) is 47.8 Å². The minimum Gasteiger partial charge on any atom is -0.504 e. The molecule has 0 fully saturated rings. The highest BCUT2D eigenvalue weighted by molar-refractivity contribution is 6.07. The van der Waals surface area contributed by atoms with E-state index in [-0.39, 0.29) is 23.0 Å². The number of aryl methyl sites for hydroxylation is 2. The smallest absolute Gasteiger partial charge is 0.167 e. The van der Waals surface area contributed by atoms with E-state index in [1.807, 2.05) is 13.8 Å². The van der Waals surface area contributed by atoms with Crippen LogP contribution in [0, 0.1) is 13.8 Å². The minimum atomic E-state index is -0.300. The Hall–Kier alpha value is -3.54. The molecule has 2 aromatic heterocycles. The van der Waals surface area contributed by atoms with Crippen LogP contribution in [-0.2, 0) is 0 Å². The van der Waals surface area contributed by atoms with Crippen molar-refractivity contribution < 1.29 is 20.4 Å². The zero-order chi connectivity index (χ0) is 18.6. The van der Waals surface area contributed by atoms with Crippen molar-refractivity contribution >= 4 is 21.8 Å². The first-order chi connectivity index (χ1) is 12.4. The highest BCUT2D eigenvalue weighted by Gasteiger charge is 2.19. The number of nitrogens with zero attached hydrogens (tertiary/aromatic N) is 2. The largest absolute Gasteiger partial charge is 0.504 e. The molecule has 0 radical (unpaired) electrons. The lowest BCUT2D eigenvalue weighted by Gasteiger charge is -2.14. The summed E-state index contributed by atoms with van der Waals surface area (Å²) >= 11 is 0. The van der Waals surface area contributed by atoms with Crippen molar-refractivity contribution in [3.8, 4) is 34.1 Å². The molecule has 0 saturated carbocycles. The Labute approximate surface area is 148 Å². The van der Waals surface area contributed by atoms with Gasteiger partial charge in [-0.1, -0.05) is 0 Å². The van der Waals surface area contributed by atoms with Gasteiger partial charge in [0, 0.05) is 33.3 Å². The lowest BCUT2D eigenvalue weighted by molar-refractivity contribution is 0.407. The SMILES string of the molecule is Cc1ccc2c(O)c(O)cc(-c3cc(O)c(O)c4ccc(C)nc34)c2n1. The maximum Gasteiger partial charge on any atom is 0.167 e. The Bertz CT molecular complexity index is 1110. The molecule has 0 amide bonds. The lowest BCUT2D eigenvalue weighted by Crippen LogP contribution is -1.93. The Morgan fingerprint density at radius 3 is 1.38 bits per heavy atom. The summed E-state index contributed by atoms with van der Waals surface area (Å²) in [6, 6.07) is 9.60. The predicted octanol–water partition coefficient (Wildman–Crippen LogP) is 3.89. The number of aromatic hydroxyl groups is 4. The average molecular weight is 348 g/mol. The number of pyridine rings is 2. The van der Waals surface area contributed by atoms with E-state index in [9.17, 15) is 20.4 Å². The first-order valence-corrected chi connectivity index (χ1v) is 8.01. The predicted molar refractivity (Wildman–Crippen MR) is 98.6 cm³/mol. The quantitative estimate of drug-likeness (QED) is 0.389. The van der Waals surface area contributed by atoms with E-state index < -0.39 is 0 Å². The number of hydrogen-bond donors (Lipinski definition) is 4. The molecule has 0 saturated heterocycles. The Morgan fingerprint density at radius 1 is 0.615 bits per heavy atom. The second-order valence-corrected chi connectivity index (χ2v) is 6.28. The maximum absolute atomic E-state index is 10.2. The van der Waals surface area contributed by atoms with Gasteiger partial charge in [0.2, 0.25) is 0 Å². The Balaban J connectivity index is 2.21. The van der Waals surface area contributed by atoms with Crippen LogP contribution in [0.5, 0.6) is 23.0 Å². The van der Waals surface area contributed by atoms with Gasteiger partial charge in [0.25, 0.3) is 0 Å². The summed E-state index contributed by atoms with van der Waals surface area (Å²) in [5, 5.41) is 41.5. The molecule has 6 nitrogen and oxygen atoms in total. The summed E-state index contributed by atoms with van der Waals surface area (Å²) in [4.78, 5) is 8.98. The Morgan fingerprint density at radius 2 is 1.00 bits per heavy atom. The van der Waals surface area contributed by atoms with Crippen LogP contribution in [0.1, 0.15) is 11.4 Å². The molecule has 130 valence electrons. The lowest BCUT2D eigenvalue weighted by atomic mass is 9.97. The van der Waals surface area contributed by atoms with Gasteiger partial charge in [-0.2, -0.15) is 0 Å². The molecule has 0 spiro atoms. The fourth-order valence-electron chi connectivity index (χ4n) is 3.14. The van der Waals surface area contributed by atoms with Gasteiger partial charge in [-0.15, -0.1) is 0 Å². The first-order valence-electron chi connectivity index (χ1n) is 8.01. The van der Waals surface area contributed by atoms with Gasteiger partial charge in [0.05, 0.1) is 11.0 Å². The van der Waals surface area contributed by atoms with Crippen LogP contribution < -0.4 is 0 Å². The van der Waals surface area contributed by atoms with Crippen molar-refractivity contribution in [2.24, 2.45) is 0 Å². The number of phenolic OH excluding ortho intramolecular Hbond substituents is 4. The highest BCUT2D eigenvalue weighted by atomic mass is 16.3. The van der Waals surface area contributed by atoms with E-state index in [1.165, 1.54) is 12.1 Å². The standard InChI is InChI=1S/C20H16N2O4/c1-9-3-5-11-17(21-9)13(7-15(23)19(11)25)14-8-16(24)20(26)12-6-4-10(2)22-18(12)14/h3-8,23-26H,1-2H3. The number of fused-ring (bicyclic) bond motifs is 2. The molecule has 4 N–H and O–H groups in total. The van der Waals surface area contributed by atoms with Gasteiger partial charge in [0.15, 0.2) is 23.0 Å². The van der Waals surface area contributed by atoms with E-state index >= 15 is 0 Å². The van der Waals surface area contributed by atoms with Crippen LogP contribution in [0.15, 0.2) is 36.4 Å². The van der Waals surface area contributed by atoms with Crippen molar-refractivity contribution in [3.63, 3.8) is 0 Å². The van der Waals surface area contributed by atoms with Crippen molar-refractivity contribution in [1.29, 1.82) is 0 Å². The summed E-state index contributed by atoms with van der Waals surface area (Å²) in [6.45, 7) is 3.64. The molecule has 6 heteroatoms. The van der Waals surface area contributed by atoms with Crippen molar-refractivity contribution in [2.75, 3.05) is 0 Å². The average Bonchev–Trinajstić information content (AvgIpc) is 2.61. The van der Waals surface area contributed by atoms with Gasteiger partial charge in [-0.25, -0.2) is 0 Å². The molecular weight excluding hydrogens is 332 g/mol. The summed E-state index contributed by atoms with van der Waals surface area (Å²) in [5.74, 6) is -1.11. The molecule has 0 bridgehead atoms. The molecule has 4 aromatic rings. The fourth-order valence-corrected chi connectivity index (χ4v) is 3.14. The van der Waals surface area contributed by atoms with Crippen LogP contribution >= 0.6 is 0 Å². The van der Waals surface area contributed by atoms with E-state index in [0.29, 0.717) is 32.9 Å². The molecule has 0 aliphatic heterocycles. The number of hydrogen-bond acceptors (Lipinski definition) is 6. The molecule has 0 atom stereocenters. The third kappa shape index (κ3) is 2.27. The summed E-state index contributed by atoms with van der Waals surface area (Å²) < 4.78 is 0. The molecule has 26 heavy (non-hydrogen) atoms. The highest BCUT2D eigenvalue weighted by Crippen LogP contribution is 2.45. The van der Waals surface area contributed by atoms with Crippen molar-refractivity contribution in [2.45, 2.75) is 13.8 Å². The van der Waals surface area contributed by atoms with Crippen LogP contribution in [0.25, 0.3) is 32.9 Å². The van der Waals surface area contributed by atoms with Gasteiger partial charge < -0.3 is 20.4 Å². The molecule has 0 aliphatic carbocycles. The van der Waals surface area contributed by atoms with E-state index in [4.69, 9.17) is 0 Å². The number of rotatable bonds is 1. The third-order valence-electron chi connectivity index (χ3n) is 4.43. The van der Waals surface area contributed by atoms with E-state index in [1.54, 1.807) is 24.3 Å². The van der Waals surface area contributed by atoms with Gasteiger partial charge >= 0.3 is 0 Å². The minimum absolute atomic E-state index is 0.257. The number of benzene rings is 2. The fraction of sp³-hybridized carbons (Fsp3) is 0.100. The van der Waals surface area contributed by atoms with Gasteiger partial charge in [-0.05, 0) is 50.2 Å². The zero-order valence-corrected chi connectivity index (χ0v) is 14.1. The first kappa shape index (κ1) is 16.0. The summed E-state index contributed by atoms with van der Waals surface area (Å²) in [7, 11) is 0.